The molecule has 0 N–H and O–H groups in total. The van der Waals surface area contributed by atoms with Crippen molar-refractivity contribution in [2.75, 3.05) is 0 Å². The average molecular weight is 680 g/mol. The smallest absolute Gasteiger partial charge is 0.164 e. The molecule has 0 radical (unpaired) electrons. The van der Waals surface area contributed by atoms with E-state index in [-0.39, 0.29) is 0 Å². The fraction of sp³-hybridized carbons (Fsp3) is 0. The molecule has 0 aliphatic carbocycles. The molecule has 0 spiro atoms. The number of benzene rings is 8. The highest BCUT2D eigenvalue weighted by molar-refractivity contribution is 6.22. The number of para-hydroxylation sites is 3. The maximum absolute atomic E-state index is 6.58. The summed E-state index contributed by atoms with van der Waals surface area (Å²) in [5.41, 5.74) is 7.41. The van der Waals surface area contributed by atoms with Crippen molar-refractivity contribution in [3.8, 4) is 34.2 Å². The number of furan rings is 3. The Morgan fingerprint density at radius 3 is 1.32 bits per heavy atom. The third kappa shape index (κ3) is 4.11. The molecule has 0 fully saturated rings. The second-order valence-corrected chi connectivity index (χ2v) is 13.5. The molecule has 246 valence electrons. The Morgan fingerprint density at radius 1 is 0.321 bits per heavy atom. The molecule has 12 rings (SSSR count). The normalized spacial score (nSPS) is 12.2. The molecule has 0 unspecified atom stereocenters. The predicted molar refractivity (Wildman–Crippen MR) is 213 cm³/mol. The van der Waals surface area contributed by atoms with Gasteiger partial charge in [0, 0.05) is 59.8 Å². The van der Waals surface area contributed by atoms with E-state index in [1.165, 1.54) is 0 Å². The van der Waals surface area contributed by atoms with Crippen molar-refractivity contribution in [2.45, 2.75) is 0 Å². The van der Waals surface area contributed by atoms with Crippen LogP contribution in [0.1, 0.15) is 0 Å². The number of rotatable bonds is 3. The van der Waals surface area contributed by atoms with Gasteiger partial charge in [-0.25, -0.2) is 15.0 Å². The third-order valence-corrected chi connectivity index (χ3v) is 10.5. The topological polar surface area (TPSA) is 78.1 Å². The molecule has 4 heterocycles. The van der Waals surface area contributed by atoms with E-state index in [9.17, 15) is 0 Å². The summed E-state index contributed by atoms with van der Waals surface area (Å²) in [4.78, 5) is 15.9. The summed E-state index contributed by atoms with van der Waals surface area (Å²) >= 11 is 0. The summed E-state index contributed by atoms with van der Waals surface area (Å²) in [6.45, 7) is 0. The van der Waals surface area contributed by atoms with E-state index in [0.717, 1.165) is 104 Å². The van der Waals surface area contributed by atoms with Crippen LogP contribution in [-0.2, 0) is 0 Å². The Hall–Kier alpha value is -7.31. The zero-order chi connectivity index (χ0) is 34.6. The molecule has 0 amide bonds. The molecule has 0 aliphatic heterocycles. The van der Waals surface area contributed by atoms with Gasteiger partial charge < -0.3 is 13.3 Å². The summed E-state index contributed by atoms with van der Waals surface area (Å²) < 4.78 is 19.5. The quantitative estimate of drug-likeness (QED) is 0.185. The first-order valence-corrected chi connectivity index (χ1v) is 17.6. The van der Waals surface area contributed by atoms with E-state index in [1.807, 2.05) is 84.9 Å². The fourth-order valence-corrected chi connectivity index (χ4v) is 8.08. The molecule has 0 atom stereocenters. The molecule has 0 aliphatic rings. The second-order valence-electron chi connectivity index (χ2n) is 13.5. The maximum Gasteiger partial charge on any atom is 0.164 e. The Bertz CT molecular complexity index is 3310. The Morgan fingerprint density at radius 2 is 0.755 bits per heavy atom. The van der Waals surface area contributed by atoms with Gasteiger partial charge in [-0.05, 0) is 53.2 Å². The van der Waals surface area contributed by atoms with Gasteiger partial charge in [-0.1, -0.05) is 109 Å². The van der Waals surface area contributed by atoms with Crippen molar-refractivity contribution < 1.29 is 13.3 Å². The first kappa shape index (κ1) is 28.4. The summed E-state index contributed by atoms with van der Waals surface area (Å²) in [7, 11) is 0. The molecule has 0 saturated heterocycles. The molecule has 0 saturated carbocycles. The van der Waals surface area contributed by atoms with Gasteiger partial charge in [0.2, 0.25) is 0 Å². The lowest BCUT2D eigenvalue weighted by atomic mass is 9.98. The molecule has 6 heteroatoms. The van der Waals surface area contributed by atoms with Gasteiger partial charge in [-0.15, -0.1) is 0 Å². The summed E-state index contributed by atoms with van der Waals surface area (Å²) in [6.07, 6.45) is 0. The van der Waals surface area contributed by atoms with Gasteiger partial charge >= 0.3 is 0 Å². The van der Waals surface area contributed by atoms with Crippen LogP contribution in [0.4, 0.5) is 0 Å². The molecule has 0 bridgehead atoms. The lowest BCUT2D eigenvalue weighted by Gasteiger charge is -2.12. The molecule has 4 aromatic heterocycles. The molecular weight excluding hydrogens is 655 g/mol. The number of hydrogen-bond acceptors (Lipinski definition) is 6. The van der Waals surface area contributed by atoms with E-state index in [0.29, 0.717) is 17.5 Å². The zero-order valence-corrected chi connectivity index (χ0v) is 28.0. The monoisotopic (exact) mass is 679 g/mol. The molecule has 6 nitrogen and oxygen atoms in total. The number of aromatic nitrogens is 3. The number of hydrogen-bond donors (Lipinski definition) is 0. The van der Waals surface area contributed by atoms with E-state index in [4.69, 9.17) is 28.2 Å². The number of fused-ring (bicyclic) bond motifs is 13. The minimum Gasteiger partial charge on any atom is -0.456 e. The van der Waals surface area contributed by atoms with Crippen LogP contribution in [0.15, 0.2) is 165 Å². The third-order valence-electron chi connectivity index (χ3n) is 10.5. The zero-order valence-electron chi connectivity index (χ0n) is 28.0. The van der Waals surface area contributed by atoms with Crippen molar-refractivity contribution in [2.24, 2.45) is 0 Å². The Kier molecular flexibility index (Phi) is 5.68. The maximum atomic E-state index is 6.58. The molecule has 12 aromatic rings. The fourth-order valence-electron chi connectivity index (χ4n) is 8.08. The van der Waals surface area contributed by atoms with Crippen LogP contribution in [0.3, 0.4) is 0 Å². The lowest BCUT2D eigenvalue weighted by Crippen LogP contribution is -2.01. The lowest BCUT2D eigenvalue weighted by molar-refractivity contribution is 0.669. The highest BCUT2D eigenvalue weighted by Gasteiger charge is 2.23. The van der Waals surface area contributed by atoms with Crippen molar-refractivity contribution in [1.29, 1.82) is 0 Å². The molecule has 53 heavy (non-hydrogen) atoms. The van der Waals surface area contributed by atoms with E-state index < -0.39 is 0 Å². The van der Waals surface area contributed by atoms with Crippen molar-refractivity contribution in [1.82, 2.24) is 15.0 Å². The summed E-state index contributed by atoms with van der Waals surface area (Å²) in [5, 5.41) is 10.2. The largest absolute Gasteiger partial charge is 0.456 e. The van der Waals surface area contributed by atoms with Crippen LogP contribution in [-0.4, -0.2) is 15.0 Å². The molecule has 8 aromatic carbocycles. The van der Waals surface area contributed by atoms with Gasteiger partial charge in [-0.2, -0.15) is 0 Å². The van der Waals surface area contributed by atoms with Crippen molar-refractivity contribution >= 4 is 87.4 Å². The van der Waals surface area contributed by atoms with Gasteiger partial charge in [0.1, 0.15) is 33.5 Å². The minimum absolute atomic E-state index is 0.538. The highest BCUT2D eigenvalue weighted by Crippen LogP contribution is 2.44. The van der Waals surface area contributed by atoms with Gasteiger partial charge in [0.15, 0.2) is 17.5 Å². The van der Waals surface area contributed by atoms with E-state index >= 15 is 0 Å². The van der Waals surface area contributed by atoms with Crippen molar-refractivity contribution in [3.05, 3.63) is 152 Å². The van der Waals surface area contributed by atoms with E-state index in [2.05, 4.69) is 66.7 Å². The van der Waals surface area contributed by atoms with Gasteiger partial charge in [-0.3, -0.25) is 0 Å². The van der Waals surface area contributed by atoms with Crippen LogP contribution in [0.2, 0.25) is 0 Å². The van der Waals surface area contributed by atoms with Crippen LogP contribution in [0.25, 0.3) is 122 Å². The minimum atomic E-state index is 0.538. The van der Waals surface area contributed by atoms with Crippen LogP contribution < -0.4 is 0 Å². The average Bonchev–Trinajstić information content (AvgIpc) is 3.92. The number of nitrogens with zero attached hydrogens (tertiary/aromatic N) is 3. The van der Waals surface area contributed by atoms with Gasteiger partial charge in [0.05, 0.1) is 0 Å². The van der Waals surface area contributed by atoms with E-state index in [1.54, 1.807) is 0 Å². The standard InChI is InChI=1S/C47H25N3O3/c1-3-13-29-26(11-1)23-35(41-33-16-6-9-19-38(33)52-43(29)41)46-48-45(28-21-22-32-31-15-5-8-18-37(31)51-40(32)25-28)49-47(50-46)36-24-27-12-2-4-14-30(27)44-42(36)34-17-7-10-20-39(34)53-44/h1-25H. The summed E-state index contributed by atoms with van der Waals surface area (Å²) in [5.74, 6) is 1.63. The first-order chi connectivity index (χ1) is 26.2. The second kappa shape index (κ2) is 10.6. The van der Waals surface area contributed by atoms with Gasteiger partial charge in [0.25, 0.3) is 0 Å². The summed E-state index contributed by atoms with van der Waals surface area (Å²) in [6, 6.07) is 51.5. The molecular formula is C47H25N3O3. The predicted octanol–water partition coefficient (Wildman–Crippen LogP) is 12.9. The highest BCUT2D eigenvalue weighted by atomic mass is 16.3. The Balaban J connectivity index is 1.21. The first-order valence-electron chi connectivity index (χ1n) is 17.6. The van der Waals surface area contributed by atoms with Crippen molar-refractivity contribution in [3.63, 3.8) is 0 Å². The Labute approximate surface area is 300 Å². The SMILES string of the molecule is c1ccc2c(c1)cc(-c1nc(-c3ccc4c(c3)oc3ccccc34)nc(-c3cc4ccccc4c4oc5ccccc5c34)n1)c1c3ccccc3oc21. The van der Waals surface area contributed by atoms with Crippen LogP contribution >= 0.6 is 0 Å². The van der Waals surface area contributed by atoms with Crippen LogP contribution in [0, 0.1) is 0 Å². The van der Waals surface area contributed by atoms with Crippen LogP contribution in [0.5, 0.6) is 0 Å².